The summed E-state index contributed by atoms with van der Waals surface area (Å²) in [6, 6.07) is 13.1. The lowest BCUT2D eigenvalue weighted by atomic mass is 10.1. The molecule has 0 aromatic heterocycles. The fraction of sp³-hybridized carbons (Fsp3) is 0.435. The second kappa shape index (κ2) is 10.7. The summed E-state index contributed by atoms with van der Waals surface area (Å²) in [4.78, 5) is 17.3. The molecule has 30 heavy (non-hydrogen) atoms. The number of amides is 1. The number of carbonyl (C=O) groups excluding carboxylic acids is 1. The van der Waals surface area contributed by atoms with Crippen LogP contribution in [0.2, 0.25) is 5.02 Å². The number of methoxy groups -OCH3 is 1. The lowest BCUT2D eigenvalue weighted by molar-refractivity contribution is -0.121. The Hall–Kier alpha value is -2.28. The van der Waals surface area contributed by atoms with Crippen molar-refractivity contribution in [3.05, 3.63) is 53.1 Å². The molecule has 2 aromatic carbocycles. The molecule has 0 spiro atoms. The van der Waals surface area contributed by atoms with Crippen LogP contribution in [0.25, 0.3) is 0 Å². The number of ether oxygens (including phenoxy) is 2. The Labute approximate surface area is 183 Å². The second-order valence-electron chi connectivity index (χ2n) is 7.53. The van der Waals surface area contributed by atoms with Gasteiger partial charge in [0.25, 0.3) is 0 Å². The minimum atomic E-state index is -0.211. The van der Waals surface area contributed by atoms with Crippen molar-refractivity contribution in [2.24, 2.45) is 0 Å². The van der Waals surface area contributed by atoms with Crippen LogP contribution < -0.4 is 14.8 Å². The summed E-state index contributed by atoms with van der Waals surface area (Å²) in [5.74, 6) is 1.37. The van der Waals surface area contributed by atoms with Gasteiger partial charge >= 0.3 is 0 Å². The van der Waals surface area contributed by atoms with Gasteiger partial charge in [-0.1, -0.05) is 29.8 Å². The number of piperazine rings is 1. The summed E-state index contributed by atoms with van der Waals surface area (Å²) >= 11 is 6.12. The highest BCUT2D eigenvalue weighted by atomic mass is 35.5. The van der Waals surface area contributed by atoms with Gasteiger partial charge in [-0.15, -0.1) is 0 Å². The number of hydrogen-bond acceptors (Lipinski definition) is 5. The number of aryl methyl sites for hydroxylation is 1. The van der Waals surface area contributed by atoms with Gasteiger partial charge in [0.15, 0.2) is 0 Å². The minimum absolute atomic E-state index is 0.0191. The fourth-order valence-electron chi connectivity index (χ4n) is 3.54. The average Bonchev–Trinajstić information content (AvgIpc) is 2.75. The monoisotopic (exact) mass is 431 g/mol. The zero-order valence-corrected chi connectivity index (χ0v) is 18.6. The molecular weight excluding hydrogens is 402 g/mol. The van der Waals surface area contributed by atoms with Crippen LogP contribution in [0, 0.1) is 6.92 Å². The first-order chi connectivity index (χ1) is 14.5. The highest BCUT2D eigenvalue weighted by Gasteiger charge is 2.26. The van der Waals surface area contributed by atoms with Crippen molar-refractivity contribution in [1.29, 1.82) is 0 Å². The van der Waals surface area contributed by atoms with E-state index in [0.717, 1.165) is 44.0 Å². The van der Waals surface area contributed by atoms with Gasteiger partial charge in [-0.25, -0.2) is 0 Å². The van der Waals surface area contributed by atoms with Crippen LogP contribution in [0.3, 0.4) is 0 Å². The number of anilines is 1. The van der Waals surface area contributed by atoms with E-state index in [9.17, 15) is 4.79 Å². The van der Waals surface area contributed by atoms with E-state index >= 15 is 0 Å². The van der Waals surface area contributed by atoms with E-state index in [1.54, 1.807) is 7.11 Å². The zero-order chi connectivity index (χ0) is 21.5. The number of halogens is 1. The number of benzene rings is 2. The summed E-state index contributed by atoms with van der Waals surface area (Å²) in [5, 5.41) is 3.65. The molecule has 1 atom stereocenters. The molecule has 1 aliphatic heterocycles. The molecule has 6 nitrogen and oxygen atoms in total. The molecule has 1 heterocycles. The quantitative estimate of drug-likeness (QED) is 0.691. The Morgan fingerprint density at radius 1 is 1.13 bits per heavy atom. The normalized spacial score (nSPS) is 16.1. The molecule has 1 amide bonds. The first-order valence-corrected chi connectivity index (χ1v) is 10.6. The molecule has 0 radical (unpaired) electrons. The first-order valence-electron chi connectivity index (χ1n) is 10.3. The molecule has 0 saturated carbocycles. The Morgan fingerprint density at radius 2 is 1.87 bits per heavy atom. The van der Waals surface area contributed by atoms with E-state index in [0.29, 0.717) is 23.1 Å². The third-order valence-corrected chi connectivity index (χ3v) is 5.76. The minimum Gasteiger partial charge on any atom is -0.495 e. The number of nitrogens with zero attached hydrogens (tertiary/aromatic N) is 2. The first kappa shape index (κ1) is 22.4. The van der Waals surface area contributed by atoms with Crippen molar-refractivity contribution in [3.8, 4) is 11.5 Å². The van der Waals surface area contributed by atoms with Gasteiger partial charge in [0, 0.05) is 32.7 Å². The maximum atomic E-state index is 12.8. The molecule has 7 heteroatoms. The van der Waals surface area contributed by atoms with Crippen LogP contribution >= 0.6 is 11.6 Å². The number of nitrogens with one attached hydrogen (secondary N) is 1. The van der Waals surface area contributed by atoms with Crippen LogP contribution in [0.4, 0.5) is 5.69 Å². The number of para-hydroxylation sites is 1. The van der Waals surface area contributed by atoms with E-state index in [-0.39, 0.29) is 11.9 Å². The number of rotatable bonds is 8. The summed E-state index contributed by atoms with van der Waals surface area (Å²) in [6.07, 6.45) is 0. The summed E-state index contributed by atoms with van der Waals surface area (Å²) in [6.45, 7) is 8.85. The van der Waals surface area contributed by atoms with Crippen molar-refractivity contribution < 1.29 is 14.3 Å². The zero-order valence-electron chi connectivity index (χ0n) is 17.9. The smallest absolute Gasteiger partial charge is 0.241 e. The van der Waals surface area contributed by atoms with Gasteiger partial charge in [-0.05, 0) is 43.7 Å². The van der Waals surface area contributed by atoms with Gasteiger partial charge in [-0.3, -0.25) is 14.6 Å². The fourth-order valence-corrected chi connectivity index (χ4v) is 3.73. The van der Waals surface area contributed by atoms with Gasteiger partial charge < -0.3 is 14.8 Å². The maximum absolute atomic E-state index is 12.8. The Kier molecular flexibility index (Phi) is 7.96. The van der Waals surface area contributed by atoms with E-state index in [4.69, 9.17) is 21.1 Å². The molecule has 1 fully saturated rings. The lowest BCUT2D eigenvalue weighted by Gasteiger charge is -2.37. The highest BCUT2D eigenvalue weighted by Crippen LogP contribution is 2.26. The number of carbonyl (C=O) groups is 1. The largest absolute Gasteiger partial charge is 0.495 e. The maximum Gasteiger partial charge on any atom is 0.241 e. The summed E-state index contributed by atoms with van der Waals surface area (Å²) < 4.78 is 11.1. The van der Waals surface area contributed by atoms with E-state index < -0.39 is 0 Å². The van der Waals surface area contributed by atoms with Crippen molar-refractivity contribution >= 4 is 23.2 Å². The van der Waals surface area contributed by atoms with Crippen LogP contribution in [0.15, 0.2) is 42.5 Å². The molecule has 1 N–H and O–H groups in total. The van der Waals surface area contributed by atoms with E-state index in [1.807, 2.05) is 56.3 Å². The Morgan fingerprint density at radius 3 is 2.57 bits per heavy atom. The van der Waals surface area contributed by atoms with Gasteiger partial charge in [0.1, 0.15) is 18.1 Å². The van der Waals surface area contributed by atoms with Crippen LogP contribution in [-0.4, -0.2) is 68.2 Å². The van der Waals surface area contributed by atoms with Gasteiger partial charge in [0.2, 0.25) is 5.91 Å². The molecule has 162 valence electrons. The molecule has 1 saturated heterocycles. The predicted molar refractivity (Wildman–Crippen MR) is 121 cm³/mol. The Balaban J connectivity index is 1.44. The Bertz CT molecular complexity index is 853. The van der Waals surface area contributed by atoms with Crippen molar-refractivity contribution in [2.45, 2.75) is 19.9 Å². The van der Waals surface area contributed by atoms with Gasteiger partial charge in [-0.2, -0.15) is 0 Å². The topological polar surface area (TPSA) is 54.0 Å². The van der Waals surface area contributed by atoms with Crippen molar-refractivity contribution in [2.75, 3.05) is 51.8 Å². The summed E-state index contributed by atoms with van der Waals surface area (Å²) in [7, 11) is 1.61. The molecule has 1 unspecified atom stereocenters. The van der Waals surface area contributed by atoms with Crippen molar-refractivity contribution in [3.63, 3.8) is 0 Å². The van der Waals surface area contributed by atoms with Crippen LogP contribution in [0.5, 0.6) is 11.5 Å². The molecule has 0 bridgehead atoms. The SMILES string of the molecule is COc1ccc(C)cc1NC(=O)C(C)N1CCN(CCOc2ccccc2Cl)CC1. The molecule has 3 rings (SSSR count). The lowest BCUT2D eigenvalue weighted by Crippen LogP contribution is -2.53. The van der Waals surface area contributed by atoms with Crippen LogP contribution in [0.1, 0.15) is 12.5 Å². The second-order valence-corrected chi connectivity index (χ2v) is 7.93. The number of hydrogen-bond donors (Lipinski definition) is 1. The summed E-state index contributed by atoms with van der Waals surface area (Å²) in [5.41, 5.74) is 1.79. The van der Waals surface area contributed by atoms with E-state index in [2.05, 4.69) is 15.1 Å². The standard InChI is InChI=1S/C23H30ClN3O3/c1-17-8-9-22(29-3)20(16-17)25-23(28)18(2)27-12-10-26(11-13-27)14-15-30-21-7-5-4-6-19(21)24/h4-9,16,18H,10-15H2,1-3H3,(H,25,28). The predicted octanol–water partition coefficient (Wildman–Crippen LogP) is 3.68. The average molecular weight is 432 g/mol. The third-order valence-electron chi connectivity index (χ3n) is 5.45. The molecule has 2 aromatic rings. The van der Waals surface area contributed by atoms with Crippen LogP contribution in [-0.2, 0) is 4.79 Å². The highest BCUT2D eigenvalue weighted by molar-refractivity contribution is 6.32. The third kappa shape index (κ3) is 5.88. The molecule has 0 aliphatic carbocycles. The molecule has 1 aliphatic rings. The molecular formula is C23H30ClN3O3. The van der Waals surface area contributed by atoms with Gasteiger partial charge in [0.05, 0.1) is 23.9 Å². The van der Waals surface area contributed by atoms with E-state index in [1.165, 1.54) is 0 Å². The van der Waals surface area contributed by atoms with Crippen molar-refractivity contribution in [1.82, 2.24) is 9.80 Å².